The standard InChI is InChI=1S/C28H22IN/c1-30-26-12-5-4-8-22(26)23-14-13-18(17-27(23)30)19-10-6-11-25-21(15-16-29)20-7-2-3-9-24(20)28(19)25/h2-14,17,21H,15-16H2,1H3. The third-order valence-electron chi connectivity index (χ3n) is 6.70. The smallest absolute Gasteiger partial charge is 0.0494 e. The van der Waals surface area contributed by atoms with E-state index in [1.807, 2.05) is 0 Å². The largest absolute Gasteiger partial charge is 0.344 e. The van der Waals surface area contributed by atoms with Crippen molar-refractivity contribution in [1.29, 1.82) is 0 Å². The first-order valence-electron chi connectivity index (χ1n) is 10.5. The predicted octanol–water partition coefficient (Wildman–Crippen LogP) is 7.94. The molecular weight excluding hydrogens is 477 g/mol. The first-order valence-corrected chi connectivity index (χ1v) is 12.1. The summed E-state index contributed by atoms with van der Waals surface area (Å²) >= 11 is 2.51. The fraction of sp³-hybridized carbons (Fsp3) is 0.143. The number of aryl methyl sites for hydroxylation is 1. The van der Waals surface area contributed by atoms with Crippen LogP contribution < -0.4 is 0 Å². The van der Waals surface area contributed by atoms with Crippen molar-refractivity contribution in [2.75, 3.05) is 4.43 Å². The molecule has 1 aliphatic rings. The number of para-hydroxylation sites is 1. The molecule has 0 aliphatic heterocycles. The molecule has 0 saturated heterocycles. The Kier molecular flexibility index (Phi) is 4.24. The van der Waals surface area contributed by atoms with Gasteiger partial charge in [0, 0.05) is 39.2 Å². The van der Waals surface area contributed by atoms with E-state index in [-0.39, 0.29) is 0 Å². The Labute approximate surface area is 190 Å². The normalized spacial score (nSPS) is 14.9. The molecule has 30 heavy (non-hydrogen) atoms. The Morgan fingerprint density at radius 3 is 2.37 bits per heavy atom. The molecule has 0 N–H and O–H groups in total. The molecule has 1 nitrogen and oxygen atoms in total. The lowest BCUT2D eigenvalue weighted by Crippen LogP contribution is -1.97. The van der Waals surface area contributed by atoms with E-state index in [0.717, 1.165) is 0 Å². The van der Waals surface area contributed by atoms with Crippen molar-refractivity contribution in [3.63, 3.8) is 0 Å². The Hall–Kier alpha value is -2.59. The molecule has 2 heteroatoms. The molecule has 0 fully saturated rings. The minimum atomic E-state index is 0.509. The zero-order valence-corrected chi connectivity index (χ0v) is 19.1. The molecule has 4 aromatic carbocycles. The second kappa shape index (κ2) is 6.98. The molecule has 5 aromatic rings. The summed E-state index contributed by atoms with van der Waals surface area (Å²) in [6.07, 6.45) is 1.19. The summed E-state index contributed by atoms with van der Waals surface area (Å²) in [5, 5.41) is 2.65. The van der Waals surface area contributed by atoms with E-state index in [2.05, 4.69) is 119 Å². The molecule has 0 radical (unpaired) electrons. The number of alkyl halides is 1. The van der Waals surface area contributed by atoms with Gasteiger partial charge in [0.05, 0.1) is 0 Å². The Bertz CT molecular complexity index is 1430. The highest BCUT2D eigenvalue weighted by Gasteiger charge is 2.30. The van der Waals surface area contributed by atoms with Gasteiger partial charge < -0.3 is 4.57 Å². The number of aromatic nitrogens is 1. The lowest BCUT2D eigenvalue weighted by molar-refractivity contribution is 0.814. The van der Waals surface area contributed by atoms with Gasteiger partial charge in [0.2, 0.25) is 0 Å². The maximum absolute atomic E-state index is 2.51. The third-order valence-corrected chi connectivity index (χ3v) is 7.32. The lowest BCUT2D eigenvalue weighted by atomic mass is 9.91. The van der Waals surface area contributed by atoms with E-state index in [0.29, 0.717) is 5.92 Å². The van der Waals surface area contributed by atoms with Crippen molar-refractivity contribution in [1.82, 2.24) is 4.57 Å². The molecule has 0 bridgehead atoms. The van der Waals surface area contributed by atoms with Crippen molar-refractivity contribution in [3.8, 4) is 22.3 Å². The first kappa shape index (κ1) is 18.2. The zero-order chi connectivity index (χ0) is 20.2. The maximum atomic E-state index is 2.51. The highest BCUT2D eigenvalue weighted by atomic mass is 127. The molecule has 1 aliphatic carbocycles. The van der Waals surface area contributed by atoms with Crippen LogP contribution in [0.4, 0.5) is 0 Å². The number of benzene rings is 4. The molecule has 1 unspecified atom stereocenters. The Balaban J connectivity index is 1.61. The first-order chi connectivity index (χ1) is 14.8. The maximum Gasteiger partial charge on any atom is 0.0494 e. The summed E-state index contributed by atoms with van der Waals surface area (Å²) in [6, 6.07) is 31.5. The van der Waals surface area contributed by atoms with Gasteiger partial charge in [-0.3, -0.25) is 0 Å². The monoisotopic (exact) mass is 499 g/mol. The summed E-state index contributed by atoms with van der Waals surface area (Å²) in [5.41, 5.74) is 11.1. The molecule has 0 amide bonds. The molecule has 0 saturated carbocycles. The van der Waals surface area contributed by atoms with Crippen molar-refractivity contribution >= 4 is 44.4 Å². The van der Waals surface area contributed by atoms with Gasteiger partial charge >= 0.3 is 0 Å². The average Bonchev–Trinajstić information content (AvgIpc) is 3.27. The Morgan fingerprint density at radius 2 is 1.47 bits per heavy atom. The second-order valence-electron chi connectivity index (χ2n) is 8.20. The van der Waals surface area contributed by atoms with Crippen LogP contribution in [-0.4, -0.2) is 8.99 Å². The number of nitrogens with zero attached hydrogens (tertiary/aromatic N) is 1. The fourth-order valence-electron chi connectivity index (χ4n) is 5.35. The van der Waals surface area contributed by atoms with Crippen LogP contribution in [0.15, 0.2) is 84.9 Å². The van der Waals surface area contributed by atoms with Gasteiger partial charge in [0.15, 0.2) is 0 Å². The number of fused-ring (bicyclic) bond motifs is 6. The number of halogens is 1. The van der Waals surface area contributed by atoms with Gasteiger partial charge in [-0.15, -0.1) is 0 Å². The van der Waals surface area contributed by atoms with E-state index < -0.39 is 0 Å². The average molecular weight is 499 g/mol. The summed E-state index contributed by atoms with van der Waals surface area (Å²) < 4.78 is 3.49. The van der Waals surface area contributed by atoms with Crippen LogP contribution in [0.3, 0.4) is 0 Å². The van der Waals surface area contributed by atoms with Gasteiger partial charge in [-0.1, -0.05) is 95.4 Å². The predicted molar refractivity (Wildman–Crippen MR) is 137 cm³/mol. The summed E-state index contributed by atoms with van der Waals surface area (Å²) in [7, 11) is 2.18. The van der Waals surface area contributed by atoms with Crippen LogP contribution in [0.25, 0.3) is 44.1 Å². The van der Waals surface area contributed by atoms with E-state index in [1.54, 1.807) is 0 Å². The van der Waals surface area contributed by atoms with Crippen molar-refractivity contribution in [3.05, 3.63) is 96.1 Å². The Morgan fingerprint density at radius 1 is 0.733 bits per heavy atom. The molecule has 1 heterocycles. The van der Waals surface area contributed by atoms with Crippen LogP contribution in [0.2, 0.25) is 0 Å². The second-order valence-corrected chi connectivity index (χ2v) is 9.27. The van der Waals surface area contributed by atoms with Gasteiger partial charge in [-0.05, 0) is 51.9 Å². The van der Waals surface area contributed by atoms with Crippen LogP contribution in [0.5, 0.6) is 0 Å². The number of hydrogen-bond donors (Lipinski definition) is 0. The third kappa shape index (κ3) is 2.53. The van der Waals surface area contributed by atoms with Crippen molar-refractivity contribution in [2.45, 2.75) is 12.3 Å². The molecule has 1 atom stereocenters. The van der Waals surface area contributed by atoms with Crippen LogP contribution in [0, 0.1) is 0 Å². The van der Waals surface area contributed by atoms with Crippen molar-refractivity contribution in [2.24, 2.45) is 7.05 Å². The zero-order valence-electron chi connectivity index (χ0n) is 16.9. The topological polar surface area (TPSA) is 4.93 Å². The highest BCUT2D eigenvalue weighted by Crippen LogP contribution is 2.50. The summed E-state index contributed by atoms with van der Waals surface area (Å²) in [5.74, 6) is 0.509. The van der Waals surface area contributed by atoms with Gasteiger partial charge in [-0.25, -0.2) is 0 Å². The molecular formula is C28H22IN. The summed E-state index contributed by atoms with van der Waals surface area (Å²) in [4.78, 5) is 0. The summed E-state index contributed by atoms with van der Waals surface area (Å²) in [6.45, 7) is 0. The highest BCUT2D eigenvalue weighted by molar-refractivity contribution is 14.1. The molecule has 6 rings (SSSR count). The number of rotatable bonds is 3. The van der Waals surface area contributed by atoms with Crippen LogP contribution in [0.1, 0.15) is 23.5 Å². The molecule has 0 spiro atoms. The molecule has 1 aromatic heterocycles. The van der Waals surface area contributed by atoms with Gasteiger partial charge in [-0.2, -0.15) is 0 Å². The minimum absolute atomic E-state index is 0.509. The fourth-order valence-corrected chi connectivity index (χ4v) is 5.97. The van der Waals surface area contributed by atoms with Crippen LogP contribution >= 0.6 is 22.6 Å². The van der Waals surface area contributed by atoms with E-state index in [1.165, 1.54) is 66.0 Å². The van der Waals surface area contributed by atoms with E-state index in [9.17, 15) is 0 Å². The lowest BCUT2D eigenvalue weighted by Gasteiger charge is -2.13. The minimum Gasteiger partial charge on any atom is -0.344 e. The quantitative estimate of drug-likeness (QED) is 0.176. The van der Waals surface area contributed by atoms with Crippen molar-refractivity contribution < 1.29 is 0 Å². The SMILES string of the molecule is Cn1c2ccccc2c2ccc(-c3cccc4c3-c3ccccc3C4CCI)cc21. The number of hydrogen-bond acceptors (Lipinski definition) is 0. The van der Waals surface area contributed by atoms with E-state index in [4.69, 9.17) is 0 Å². The van der Waals surface area contributed by atoms with E-state index >= 15 is 0 Å². The molecule has 146 valence electrons. The van der Waals surface area contributed by atoms with Gasteiger partial charge in [0.25, 0.3) is 0 Å². The van der Waals surface area contributed by atoms with Crippen LogP contribution in [-0.2, 0) is 7.05 Å². The van der Waals surface area contributed by atoms with Gasteiger partial charge in [0.1, 0.15) is 0 Å².